The summed E-state index contributed by atoms with van der Waals surface area (Å²) < 4.78 is 1.46. The second-order valence-electron chi connectivity index (χ2n) is 4.22. The minimum Gasteiger partial charge on any atom is -0.508 e. The van der Waals surface area contributed by atoms with Gasteiger partial charge in [0.1, 0.15) is 11.4 Å². The number of phenols is 1. The Bertz CT molecular complexity index is 605. The van der Waals surface area contributed by atoms with Crippen LogP contribution in [0, 0.1) is 6.92 Å². The van der Waals surface area contributed by atoms with E-state index in [9.17, 15) is 9.90 Å². The van der Waals surface area contributed by atoms with Gasteiger partial charge in [-0.2, -0.15) is 5.10 Å². The number of amides is 1. The molecule has 1 aromatic heterocycles. The maximum atomic E-state index is 12.0. The number of carbonyl (C=O) groups is 1. The van der Waals surface area contributed by atoms with E-state index in [-0.39, 0.29) is 11.7 Å². The van der Waals surface area contributed by atoms with Gasteiger partial charge < -0.3 is 10.4 Å². The summed E-state index contributed by atoms with van der Waals surface area (Å²) in [5.41, 5.74) is 1.86. The van der Waals surface area contributed by atoms with E-state index in [1.807, 2.05) is 0 Å². The maximum Gasteiger partial charge on any atom is 0.271 e. The highest BCUT2D eigenvalue weighted by Gasteiger charge is 2.18. The second kappa shape index (κ2) is 5.32. The molecule has 0 radical (unpaired) electrons. The van der Waals surface area contributed by atoms with Crippen LogP contribution in [0.15, 0.2) is 24.3 Å². The number of hydrogen-bond acceptors (Lipinski definition) is 3. The Hall–Kier alpha value is -2.01. The average molecular weight is 280 g/mol. The molecule has 2 rings (SSSR count). The van der Waals surface area contributed by atoms with Gasteiger partial charge in [-0.3, -0.25) is 9.48 Å². The Kier molecular flexibility index (Phi) is 3.76. The van der Waals surface area contributed by atoms with Gasteiger partial charge in [-0.05, 0) is 24.6 Å². The van der Waals surface area contributed by atoms with Gasteiger partial charge in [-0.1, -0.05) is 23.7 Å². The van der Waals surface area contributed by atoms with Crippen LogP contribution in [0.25, 0.3) is 0 Å². The molecule has 0 unspecified atom stereocenters. The van der Waals surface area contributed by atoms with Crippen molar-refractivity contribution < 1.29 is 9.90 Å². The third-order valence-corrected chi connectivity index (χ3v) is 3.21. The number of nitrogens with zero attached hydrogens (tertiary/aromatic N) is 2. The van der Waals surface area contributed by atoms with Crippen molar-refractivity contribution in [3.63, 3.8) is 0 Å². The van der Waals surface area contributed by atoms with E-state index in [0.717, 1.165) is 5.56 Å². The predicted octanol–water partition coefficient (Wildman–Crippen LogP) is 2.02. The third-order valence-electron chi connectivity index (χ3n) is 2.75. The Morgan fingerprint density at radius 1 is 1.42 bits per heavy atom. The Balaban J connectivity index is 2.07. The lowest BCUT2D eigenvalue weighted by Crippen LogP contribution is -2.25. The van der Waals surface area contributed by atoms with Crippen LogP contribution in [0.1, 0.15) is 21.7 Å². The molecular weight excluding hydrogens is 266 g/mol. The van der Waals surface area contributed by atoms with Crippen molar-refractivity contribution in [2.75, 3.05) is 0 Å². The van der Waals surface area contributed by atoms with Gasteiger partial charge in [0, 0.05) is 13.6 Å². The first-order chi connectivity index (χ1) is 8.99. The number of aromatic hydroxyl groups is 1. The molecule has 0 bridgehead atoms. The van der Waals surface area contributed by atoms with E-state index in [4.69, 9.17) is 11.6 Å². The number of halogens is 1. The number of aromatic nitrogens is 2. The van der Waals surface area contributed by atoms with Gasteiger partial charge in [0.2, 0.25) is 0 Å². The molecule has 6 heteroatoms. The van der Waals surface area contributed by atoms with Crippen LogP contribution in [0.3, 0.4) is 0 Å². The first-order valence-electron chi connectivity index (χ1n) is 5.74. The lowest BCUT2D eigenvalue weighted by Gasteiger charge is -2.06. The Morgan fingerprint density at radius 3 is 2.58 bits per heavy atom. The van der Waals surface area contributed by atoms with Gasteiger partial charge >= 0.3 is 0 Å². The summed E-state index contributed by atoms with van der Waals surface area (Å²) in [7, 11) is 1.67. The first-order valence-corrected chi connectivity index (χ1v) is 6.12. The largest absolute Gasteiger partial charge is 0.508 e. The smallest absolute Gasteiger partial charge is 0.271 e. The zero-order valence-corrected chi connectivity index (χ0v) is 11.4. The molecule has 1 heterocycles. The molecule has 0 aliphatic heterocycles. The van der Waals surface area contributed by atoms with E-state index < -0.39 is 0 Å². The minimum absolute atomic E-state index is 0.195. The van der Waals surface area contributed by atoms with Crippen molar-refractivity contribution in [3.8, 4) is 5.75 Å². The standard InChI is InChI=1S/C13H14ClN3O2/c1-8-11(14)12(17(2)16-8)13(19)15-7-9-3-5-10(18)6-4-9/h3-6,18H,7H2,1-2H3,(H,15,19). The topological polar surface area (TPSA) is 67.2 Å². The highest BCUT2D eigenvalue weighted by atomic mass is 35.5. The van der Waals surface area contributed by atoms with Gasteiger partial charge in [0.05, 0.1) is 10.7 Å². The van der Waals surface area contributed by atoms with Gasteiger partial charge in [-0.15, -0.1) is 0 Å². The third kappa shape index (κ3) is 2.88. The zero-order valence-electron chi connectivity index (χ0n) is 10.6. The van der Waals surface area contributed by atoms with Crippen molar-refractivity contribution in [2.24, 2.45) is 7.05 Å². The van der Waals surface area contributed by atoms with Crippen LogP contribution in [-0.2, 0) is 13.6 Å². The molecule has 0 spiro atoms. The zero-order chi connectivity index (χ0) is 14.0. The van der Waals surface area contributed by atoms with Crippen LogP contribution in [0.2, 0.25) is 5.02 Å². The molecule has 19 heavy (non-hydrogen) atoms. The van der Waals surface area contributed by atoms with Crippen molar-refractivity contribution in [2.45, 2.75) is 13.5 Å². The summed E-state index contributed by atoms with van der Waals surface area (Å²) in [5, 5.41) is 16.4. The van der Waals surface area contributed by atoms with Crippen molar-refractivity contribution in [1.29, 1.82) is 0 Å². The number of hydrogen-bond donors (Lipinski definition) is 2. The average Bonchev–Trinajstić information content (AvgIpc) is 2.62. The highest BCUT2D eigenvalue weighted by molar-refractivity contribution is 6.34. The molecule has 1 amide bonds. The fraction of sp³-hybridized carbons (Fsp3) is 0.231. The van der Waals surface area contributed by atoms with Crippen LogP contribution < -0.4 is 5.32 Å². The SMILES string of the molecule is Cc1nn(C)c(C(=O)NCc2ccc(O)cc2)c1Cl. The summed E-state index contributed by atoms with van der Waals surface area (Å²) in [5.74, 6) is -0.0819. The Labute approximate surface area is 115 Å². The number of aryl methyl sites for hydroxylation is 2. The van der Waals surface area contributed by atoms with Crippen LogP contribution >= 0.6 is 11.6 Å². The van der Waals surface area contributed by atoms with Gasteiger partial charge in [-0.25, -0.2) is 0 Å². The van der Waals surface area contributed by atoms with E-state index in [1.54, 1.807) is 38.2 Å². The molecule has 100 valence electrons. The summed E-state index contributed by atoms with van der Waals surface area (Å²) in [6, 6.07) is 6.63. The molecule has 0 saturated carbocycles. The molecule has 5 nitrogen and oxygen atoms in total. The van der Waals surface area contributed by atoms with Crippen molar-refractivity contribution in [1.82, 2.24) is 15.1 Å². The summed E-state index contributed by atoms with van der Waals surface area (Å²) >= 11 is 6.03. The number of nitrogens with one attached hydrogen (secondary N) is 1. The fourth-order valence-corrected chi connectivity index (χ4v) is 2.00. The molecule has 0 fully saturated rings. The van der Waals surface area contributed by atoms with Crippen LogP contribution in [0.5, 0.6) is 5.75 Å². The molecular formula is C13H14ClN3O2. The number of phenolic OH excluding ortho intramolecular Hbond substituents is 1. The predicted molar refractivity (Wildman–Crippen MR) is 72.2 cm³/mol. The molecule has 0 aliphatic rings. The summed E-state index contributed by atoms with van der Waals surface area (Å²) in [6.07, 6.45) is 0. The lowest BCUT2D eigenvalue weighted by molar-refractivity contribution is 0.0941. The number of rotatable bonds is 3. The number of carbonyl (C=O) groups excluding carboxylic acids is 1. The lowest BCUT2D eigenvalue weighted by atomic mass is 10.2. The van der Waals surface area contributed by atoms with E-state index in [0.29, 0.717) is 23.0 Å². The summed E-state index contributed by atoms with van der Waals surface area (Å²) in [4.78, 5) is 12.0. The molecule has 0 aliphatic carbocycles. The first kappa shape index (κ1) is 13.4. The van der Waals surface area contributed by atoms with E-state index in [2.05, 4.69) is 10.4 Å². The number of benzene rings is 1. The highest BCUT2D eigenvalue weighted by Crippen LogP contribution is 2.19. The Morgan fingerprint density at radius 2 is 2.05 bits per heavy atom. The van der Waals surface area contributed by atoms with Crippen molar-refractivity contribution >= 4 is 17.5 Å². The second-order valence-corrected chi connectivity index (χ2v) is 4.60. The molecule has 0 atom stereocenters. The molecule has 2 aromatic rings. The van der Waals surface area contributed by atoms with Gasteiger partial charge in [0.15, 0.2) is 0 Å². The maximum absolute atomic E-state index is 12.0. The van der Waals surface area contributed by atoms with Crippen LogP contribution in [-0.4, -0.2) is 20.8 Å². The minimum atomic E-state index is -0.277. The fourth-order valence-electron chi connectivity index (χ4n) is 1.76. The van der Waals surface area contributed by atoms with E-state index >= 15 is 0 Å². The van der Waals surface area contributed by atoms with Crippen LogP contribution in [0.4, 0.5) is 0 Å². The molecule has 2 N–H and O–H groups in total. The van der Waals surface area contributed by atoms with E-state index in [1.165, 1.54) is 4.68 Å². The monoisotopic (exact) mass is 279 g/mol. The quantitative estimate of drug-likeness (QED) is 0.903. The normalized spacial score (nSPS) is 10.5. The summed E-state index contributed by atoms with van der Waals surface area (Å²) in [6.45, 7) is 2.11. The molecule has 0 saturated heterocycles. The molecule has 1 aromatic carbocycles. The van der Waals surface area contributed by atoms with Gasteiger partial charge in [0.25, 0.3) is 5.91 Å². The van der Waals surface area contributed by atoms with Crippen molar-refractivity contribution in [3.05, 3.63) is 46.2 Å².